The van der Waals surface area contributed by atoms with Crippen LogP contribution in [0.15, 0.2) is 12.1 Å². The van der Waals surface area contributed by atoms with Crippen LogP contribution < -0.4 is 0 Å². The molecule has 0 spiro atoms. The molecule has 0 atom stereocenters. The molecule has 2 aromatic rings. The van der Waals surface area contributed by atoms with E-state index in [-0.39, 0.29) is 22.4 Å². The summed E-state index contributed by atoms with van der Waals surface area (Å²) in [6, 6.07) is 3.55. The molecule has 0 aliphatic rings. The van der Waals surface area contributed by atoms with Gasteiger partial charge in [-0.05, 0) is 29.9 Å². The largest absolute Gasteiger partial charge is 0.507 e. The second-order valence-corrected chi connectivity index (χ2v) is 8.98. The van der Waals surface area contributed by atoms with Crippen LogP contribution in [0.2, 0.25) is 5.15 Å². The number of hydrogen-bond donors (Lipinski definition) is 1. The minimum Gasteiger partial charge on any atom is -0.507 e. The SMILES string of the molecule is Cc1nn(C)c(Cl)c1C(=O)c1cc(C(C)(C)C)c(O)c(C(C)(C)C)c1. The fourth-order valence-electron chi connectivity index (χ4n) is 2.94. The number of aromatic hydroxyl groups is 1. The van der Waals surface area contributed by atoms with Crippen molar-refractivity contribution >= 4 is 17.4 Å². The van der Waals surface area contributed by atoms with Gasteiger partial charge in [0.25, 0.3) is 0 Å². The van der Waals surface area contributed by atoms with Crippen molar-refractivity contribution in [3.63, 3.8) is 0 Å². The molecule has 0 saturated carbocycles. The summed E-state index contributed by atoms with van der Waals surface area (Å²) < 4.78 is 1.50. The smallest absolute Gasteiger partial charge is 0.198 e. The Morgan fingerprint density at radius 2 is 1.52 bits per heavy atom. The van der Waals surface area contributed by atoms with Gasteiger partial charge in [-0.25, -0.2) is 0 Å². The second kappa shape index (κ2) is 6.17. The molecule has 4 nitrogen and oxygen atoms in total. The van der Waals surface area contributed by atoms with Gasteiger partial charge >= 0.3 is 0 Å². The number of rotatable bonds is 2. The standard InChI is InChI=1S/C20H27ClN2O2/c1-11-15(18(21)23(8)22-11)16(24)12-9-13(19(2,3)4)17(25)14(10-12)20(5,6)7/h9-10,25H,1-8H3. The number of phenols is 1. The van der Waals surface area contributed by atoms with E-state index >= 15 is 0 Å². The lowest BCUT2D eigenvalue weighted by Gasteiger charge is -2.28. The van der Waals surface area contributed by atoms with E-state index in [0.29, 0.717) is 22.0 Å². The van der Waals surface area contributed by atoms with Gasteiger partial charge < -0.3 is 5.11 Å². The van der Waals surface area contributed by atoms with Crippen molar-refractivity contribution in [2.45, 2.75) is 59.3 Å². The molecule has 1 aromatic carbocycles. The van der Waals surface area contributed by atoms with Gasteiger partial charge in [0, 0.05) is 23.7 Å². The van der Waals surface area contributed by atoms with Gasteiger partial charge in [-0.3, -0.25) is 9.48 Å². The van der Waals surface area contributed by atoms with Crippen molar-refractivity contribution < 1.29 is 9.90 Å². The van der Waals surface area contributed by atoms with Crippen molar-refractivity contribution in [2.75, 3.05) is 0 Å². The van der Waals surface area contributed by atoms with Crippen LogP contribution in [-0.4, -0.2) is 20.7 Å². The van der Waals surface area contributed by atoms with Crippen LogP contribution in [0.25, 0.3) is 0 Å². The lowest BCUT2D eigenvalue weighted by molar-refractivity contribution is 0.103. The zero-order valence-electron chi connectivity index (χ0n) is 16.3. The van der Waals surface area contributed by atoms with Crippen molar-refractivity contribution in [2.24, 2.45) is 7.05 Å². The average molecular weight is 363 g/mol. The Morgan fingerprint density at radius 1 is 1.08 bits per heavy atom. The number of hydrogen-bond acceptors (Lipinski definition) is 3. The van der Waals surface area contributed by atoms with Crippen LogP contribution in [-0.2, 0) is 17.9 Å². The molecule has 5 heteroatoms. The highest BCUT2D eigenvalue weighted by molar-refractivity contribution is 6.34. The maximum atomic E-state index is 13.2. The summed E-state index contributed by atoms with van der Waals surface area (Å²) in [5.41, 5.74) is 2.43. The van der Waals surface area contributed by atoms with E-state index in [2.05, 4.69) is 5.10 Å². The van der Waals surface area contributed by atoms with Gasteiger partial charge in [0.1, 0.15) is 10.9 Å². The lowest BCUT2D eigenvalue weighted by atomic mass is 9.78. The third kappa shape index (κ3) is 3.59. The Morgan fingerprint density at radius 3 is 1.84 bits per heavy atom. The molecule has 136 valence electrons. The zero-order chi connectivity index (χ0) is 19.3. The highest BCUT2D eigenvalue weighted by atomic mass is 35.5. The summed E-state index contributed by atoms with van der Waals surface area (Å²) in [5, 5.41) is 15.4. The summed E-state index contributed by atoms with van der Waals surface area (Å²) in [6.07, 6.45) is 0. The summed E-state index contributed by atoms with van der Waals surface area (Å²) in [7, 11) is 1.71. The topological polar surface area (TPSA) is 55.1 Å². The maximum absolute atomic E-state index is 13.2. The van der Waals surface area contributed by atoms with Crippen molar-refractivity contribution in [3.05, 3.63) is 45.2 Å². The quantitative estimate of drug-likeness (QED) is 0.772. The first kappa shape index (κ1) is 19.5. The maximum Gasteiger partial charge on any atom is 0.198 e. The van der Waals surface area contributed by atoms with E-state index in [9.17, 15) is 9.90 Å². The third-order valence-corrected chi connectivity index (χ3v) is 4.80. The first-order chi connectivity index (χ1) is 11.2. The molecule has 2 rings (SSSR count). The van der Waals surface area contributed by atoms with Crippen LogP contribution in [0.4, 0.5) is 0 Å². The van der Waals surface area contributed by atoms with Crippen LogP contribution >= 0.6 is 11.6 Å². The van der Waals surface area contributed by atoms with Gasteiger partial charge in [-0.15, -0.1) is 0 Å². The molecule has 0 saturated heterocycles. The van der Waals surface area contributed by atoms with E-state index in [1.165, 1.54) is 4.68 Å². The molecular formula is C20H27ClN2O2. The number of benzene rings is 1. The Bertz CT molecular complexity index is 802. The van der Waals surface area contributed by atoms with Crippen LogP contribution in [0.1, 0.15) is 74.3 Å². The number of halogens is 1. The number of carbonyl (C=O) groups is 1. The normalized spacial score (nSPS) is 12.5. The second-order valence-electron chi connectivity index (χ2n) is 8.62. The van der Waals surface area contributed by atoms with E-state index in [1.807, 2.05) is 41.5 Å². The first-order valence-corrected chi connectivity index (χ1v) is 8.74. The number of ketones is 1. The molecular weight excluding hydrogens is 336 g/mol. The molecule has 0 bridgehead atoms. The number of aryl methyl sites for hydroxylation is 2. The Hall–Kier alpha value is -1.81. The lowest BCUT2D eigenvalue weighted by Crippen LogP contribution is -2.19. The molecule has 0 radical (unpaired) electrons. The summed E-state index contributed by atoms with van der Waals surface area (Å²) >= 11 is 6.28. The molecule has 0 amide bonds. The molecule has 1 aromatic heterocycles. The van der Waals surface area contributed by atoms with Crippen LogP contribution in [0, 0.1) is 6.92 Å². The Labute approximate surface area is 154 Å². The zero-order valence-corrected chi connectivity index (χ0v) is 17.0. The first-order valence-electron chi connectivity index (χ1n) is 8.37. The Balaban J connectivity index is 2.76. The van der Waals surface area contributed by atoms with E-state index in [1.54, 1.807) is 26.1 Å². The molecule has 1 heterocycles. The van der Waals surface area contributed by atoms with Gasteiger partial charge in [-0.1, -0.05) is 53.1 Å². The molecule has 0 aliphatic carbocycles. The Kier molecular flexibility index (Phi) is 4.81. The molecule has 25 heavy (non-hydrogen) atoms. The molecule has 1 N–H and O–H groups in total. The molecule has 0 aliphatic heterocycles. The van der Waals surface area contributed by atoms with Gasteiger partial charge in [-0.2, -0.15) is 5.10 Å². The molecule has 0 unspecified atom stereocenters. The minimum atomic E-state index is -0.297. The van der Waals surface area contributed by atoms with Crippen LogP contribution in [0.5, 0.6) is 5.75 Å². The van der Waals surface area contributed by atoms with E-state index < -0.39 is 0 Å². The highest BCUT2D eigenvalue weighted by Crippen LogP contribution is 2.40. The van der Waals surface area contributed by atoms with Gasteiger partial charge in [0.15, 0.2) is 5.78 Å². The molecule has 0 fully saturated rings. The van der Waals surface area contributed by atoms with Crippen molar-refractivity contribution in [1.29, 1.82) is 0 Å². The summed E-state index contributed by atoms with van der Waals surface area (Å²) in [4.78, 5) is 13.2. The van der Waals surface area contributed by atoms with Gasteiger partial charge in [0.05, 0.1) is 11.3 Å². The average Bonchev–Trinajstić information content (AvgIpc) is 2.69. The fourth-order valence-corrected chi connectivity index (χ4v) is 3.20. The van der Waals surface area contributed by atoms with Crippen molar-refractivity contribution in [3.8, 4) is 5.75 Å². The summed E-state index contributed by atoms with van der Waals surface area (Å²) in [5.74, 6) is 0.0807. The fraction of sp³-hybridized carbons (Fsp3) is 0.500. The summed E-state index contributed by atoms with van der Waals surface area (Å²) in [6.45, 7) is 13.9. The number of carbonyl (C=O) groups excluding carboxylic acids is 1. The van der Waals surface area contributed by atoms with E-state index in [0.717, 1.165) is 11.1 Å². The highest BCUT2D eigenvalue weighted by Gasteiger charge is 2.29. The monoisotopic (exact) mass is 362 g/mol. The van der Waals surface area contributed by atoms with Crippen LogP contribution in [0.3, 0.4) is 0 Å². The number of aromatic nitrogens is 2. The predicted molar refractivity (Wildman–Crippen MR) is 102 cm³/mol. The van der Waals surface area contributed by atoms with Gasteiger partial charge in [0.2, 0.25) is 0 Å². The third-order valence-electron chi connectivity index (χ3n) is 4.37. The van der Waals surface area contributed by atoms with Crippen molar-refractivity contribution in [1.82, 2.24) is 9.78 Å². The van der Waals surface area contributed by atoms with E-state index in [4.69, 9.17) is 11.6 Å². The number of phenolic OH excluding ortho intramolecular Hbond substituents is 1. The predicted octanol–water partition coefficient (Wildman–Crippen LogP) is 4.91. The minimum absolute atomic E-state index is 0.174. The number of nitrogens with zero attached hydrogens (tertiary/aromatic N) is 2.